The molecule has 0 radical (unpaired) electrons. The van der Waals surface area contributed by atoms with Gasteiger partial charge in [0, 0.05) is 38.6 Å². The number of aromatic hydroxyl groups is 1. The molecule has 1 aliphatic heterocycles. The highest BCUT2D eigenvalue weighted by molar-refractivity contribution is 5.70. The predicted octanol–water partition coefficient (Wildman–Crippen LogP) is 1.55. The minimum Gasteiger partial charge on any atom is -0.507 e. The smallest absolute Gasteiger partial charge is 0.303 e. The van der Waals surface area contributed by atoms with Crippen LogP contribution in [0.25, 0.3) is 11.1 Å². The van der Waals surface area contributed by atoms with Gasteiger partial charge >= 0.3 is 17.9 Å². The van der Waals surface area contributed by atoms with Crippen LogP contribution in [0.2, 0.25) is 0 Å². The summed E-state index contributed by atoms with van der Waals surface area (Å²) in [5.74, 6) is -1.66. The zero-order valence-electron chi connectivity index (χ0n) is 19.0. The fraction of sp³-hybridized carbons (Fsp3) is 0.391. The molecule has 2 aromatic rings. The highest BCUT2D eigenvalue weighted by Gasteiger charge is 2.50. The third kappa shape index (κ3) is 5.54. The van der Waals surface area contributed by atoms with E-state index in [1.54, 1.807) is 24.3 Å². The van der Waals surface area contributed by atoms with E-state index >= 15 is 0 Å². The second-order valence-electron chi connectivity index (χ2n) is 7.56. The van der Waals surface area contributed by atoms with Gasteiger partial charge in [-0.1, -0.05) is 12.1 Å². The standard InChI is InChI=1S/C23H25NO10/c1-12(25)31-11-19-21(32-13(2)26)22(33-14(3)27)23(34-19)24-10-17(18(28)9-20(24)29)15-5-7-16(30-4)8-6-15/h5-10,19,21-23,28H,11H2,1-4H3/t19-,21-,22-,23-/m1/s1. The van der Waals surface area contributed by atoms with E-state index in [1.807, 2.05) is 0 Å². The second kappa shape index (κ2) is 10.4. The van der Waals surface area contributed by atoms with Crippen LogP contribution >= 0.6 is 0 Å². The maximum Gasteiger partial charge on any atom is 0.303 e. The molecule has 3 rings (SSSR count). The monoisotopic (exact) mass is 475 g/mol. The topological polar surface area (TPSA) is 140 Å². The molecular formula is C23H25NO10. The van der Waals surface area contributed by atoms with Gasteiger partial charge in [-0.25, -0.2) is 0 Å². The van der Waals surface area contributed by atoms with E-state index in [1.165, 1.54) is 20.2 Å². The maximum absolute atomic E-state index is 12.8. The van der Waals surface area contributed by atoms with Crippen LogP contribution in [-0.4, -0.2) is 59.6 Å². The van der Waals surface area contributed by atoms with Gasteiger partial charge in [0.1, 0.15) is 24.2 Å². The molecule has 0 unspecified atom stereocenters. The summed E-state index contributed by atoms with van der Waals surface area (Å²) in [7, 11) is 1.52. The highest BCUT2D eigenvalue weighted by atomic mass is 16.7. The molecule has 0 amide bonds. The van der Waals surface area contributed by atoms with Gasteiger partial charge in [-0.05, 0) is 17.7 Å². The van der Waals surface area contributed by atoms with Crippen molar-refractivity contribution in [1.29, 1.82) is 0 Å². The number of esters is 3. The first kappa shape index (κ1) is 24.8. The lowest BCUT2D eigenvalue weighted by atomic mass is 10.1. The quantitative estimate of drug-likeness (QED) is 0.463. The molecule has 1 saturated heterocycles. The summed E-state index contributed by atoms with van der Waals surface area (Å²) in [6.45, 7) is 3.21. The van der Waals surface area contributed by atoms with E-state index in [0.717, 1.165) is 24.5 Å². The van der Waals surface area contributed by atoms with E-state index in [0.29, 0.717) is 16.9 Å². The third-order valence-corrected chi connectivity index (χ3v) is 5.07. The van der Waals surface area contributed by atoms with Crippen LogP contribution in [0.5, 0.6) is 11.5 Å². The molecule has 0 aliphatic carbocycles. The summed E-state index contributed by atoms with van der Waals surface area (Å²) in [6.07, 6.45) is -3.30. The van der Waals surface area contributed by atoms with Gasteiger partial charge < -0.3 is 28.8 Å². The number of hydrogen-bond acceptors (Lipinski definition) is 10. The molecule has 1 aromatic heterocycles. The van der Waals surface area contributed by atoms with Crippen molar-refractivity contribution in [3.05, 3.63) is 46.9 Å². The molecular weight excluding hydrogens is 450 g/mol. The number of rotatable bonds is 7. The number of pyridine rings is 1. The van der Waals surface area contributed by atoms with Crippen LogP contribution in [0.3, 0.4) is 0 Å². The molecule has 0 spiro atoms. The molecule has 11 nitrogen and oxygen atoms in total. The summed E-state index contributed by atoms with van der Waals surface area (Å²) < 4.78 is 27.9. The lowest BCUT2D eigenvalue weighted by Crippen LogP contribution is -2.41. The Labute approximate surface area is 194 Å². The zero-order chi connectivity index (χ0) is 25.0. The molecule has 34 heavy (non-hydrogen) atoms. The van der Waals surface area contributed by atoms with E-state index in [2.05, 4.69) is 0 Å². The number of carbonyl (C=O) groups is 3. The third-order valence-electron chi connectivity index (χ3n) is 5.07. The Morgan fingerprint density at radius 3 is 2.18 bits per heavy atom. The normalized spacial score (nSPS) is 21.5. The van der Waals surface area contributed by atoms with Crippen LogP contribution in [0.15, 0.2) is 41.3 Å². The summed E-state index contributed by atoms with van der Waals surface area (Å²) in [6, 6.07) is 7.74. The van der Waals surface area contributed by atoms with Crippen molar-refractivity contribution in [3.8, 4) is 22.6 Å². The number of methoxy groups -OCH3 is 1. The van der Waals surface area contributed by atoms with Gasteiger partial charge in [-0.3, -0.25) is 23.7 Å². The van der Waals surface area contributed by atoms with E-state index in [4.69, 9.17) is 23.7 Å². The van der Waals surface area contributed by atoms with Crippen LogP contribution in [0.1, 0.15) is 27.0 Å². The van der Waals surface area contributed by atoms with Gasteiger partial charge in [-0.2, -0.15) is 0 Å². The van der Waals surface area contributed by atoms with E-state index in [9.17, 15) is 24.3 Å². The Kier molecular flexibility index (Phi) is 7.57. The molecule has 1 aromatic carbocycles. The first-order valence-electron chi connectivity index (χ1n) is 10.3. The van der Waals surface area contributed by atoms with Gasteiger partial charge in [-0.15, -0.1) is 0 Å². The predicted molar refractivity (Wildman–Crippen MR) is 116 cm³/mol. The molecule has 0 bridgehead atoms. The van der Waals surface area contributed by atoms with Gasteiger partial charge in [0.25, 0.3) is 5.56 Å². The van der Waals surface area contributed by atoms with Crippen molar-refractivity contribution >= 4 is 17.9 Å². The molecule has 0 saturated carbocycles. The van der Waals surface area contributed by atoms with Crippen LogP contribution in [0.4, 0.5) is 0 Å². The minimum atomic E-state index is -1.24. The van der Waals surface area contributed by atoms with Crippen molar-refractivity contribution in [1.82, 2.24) is 4.57 Å². The Hall–Kier alpha value is -3.86. The molecule has 4 atom stereocenters. The van der Waals surface area contributed by atoms with Gasteiger partial charge in [0.2, 0.25) is 0 Å². The average Bonchev–Trinajstić information content (AvgIpc) is 3.08. The highest BCUT2D eigenvalue weighted by Crippen LogP contribution is 2.36. The molecule has 182 valence electrons. The van der Waals surface area contributed by atoms with Crippen molar-refractivity contribution < 1.29 is 43.2 Å². The first-order valence-corrected chi connectivity index (χ1v) is 10.3. The van der Waals surface area contributed by atoms with Crippen LogP contribution < -0.4 is 10.3 Å². The molecule has 1 aliphatic rings. The lowest BCUT2D eigenvalue weighted by molar-refractivity contribution is -0.166. The van der Waals surface area contributed by atoms with Gasteiger partial charge in [0.15, 0.2) is 18.4 Å². The fourth-order valence-electron chi connectivity index (χ4n) is 3.65. The average molecular weight is 475 g/mol. The van der Waals surface area contributed by atoms with Gasteiger partial charge in [0.05, 0.1) is 7.11 Å². The minimum absolute atomic E-state index is 0.276. The van der Waals surface area contributed by atoms with Crippen LogP contribution in [0, 0.1) is 0 Å². The Morgan fingerprint density at radius 2 is 1.62 bits per heavy atom. The van der Waals surface area contributed by atoms with Crippen LogP contribution in [-0.2, 0) is 33.3 Å². The van der Waals surface area contributed by atoms with Crippen molar-refractivity contribution in [3.63, 3.8) is 0 Å². The molecule has 11 heteroatoms. The number of benzene rings is 1. The fourth-order valence-corrected chi connectivity index (χ4v) is 3.65. The van der Waals surface area contributed by atoms with E-state index < -0.39 is 48.0 Å². The SMILES string of the molecule is COc1ccc(-c2cn([C@@H]3O[C@H](COC(C)=O)[C@@H](OC(C)=O)[C@H]3OC(C)=O)c(=O)cc2O)cc1. The summed E-state index contributed by atoms with van der Waals surface area (Å²) in [5, 5.41) is 10.4. The first-order chi connectivity index (χ1) is 16.1. The summed E-state index contributed by atoms with van der Waals surface area (Å²) in [4.78, 5) is 47.7. The maximum atomic E-state index is 12.8. The molecule has 2 heterocycles. The van der Waals surface area contributed by atoms with Crippen molar-refractivity contribution in [2.45, 2.75) is 45.3 Å². The number of carbonyl (C=O) groups excluding carboxylic acids is 3. The van der Waals surface area contributed by atoms with E-state index in [-0.39, 0.29) is 12.4 Å². The van der Waals surface area contributed by atoms with Crippen molar-refractivity contribution in [2.75, 3.05) is 13.7 Å². The summed E-state index contributed by atoms with van der Waals surface area (Å²) in [5.41, 5.74) is 0.202. The van der Waals surface area contributed by atoms with Crippen molar-refractivity contribution in [2.24, 2.45) is 0 Å². The number of hydrogen-bond donors (Lipinski definition) is 1. The number of nitrogens with zero attached hydrogens (tertiary/aromatic N) is 1. The Balaban J connectivity index is 2.06. The lowest BCUT2D eigenvalue weighted by Gasteiger charge is -2.24. The largest absolute Gasteiger partial charge is 0.507 e. The number of ether oxygens (including phenoxy) is 5. The Morgan fingerprint density at radius 1 is 1.00 bits per heavy atom. The molecule has 1 fully saturated rings. The number of aromatic nitrogens is 1. The second-order valence-corrected chi connectivity index (χ2v) is 7.56. The summed E-state index contributed by atoms with van der Waals surface area (Å²) >= 11 is 0. The molecule has 1 N–H and O–H groups in total. The Bertz CT molecular complexity index is 1120. The zero-order valence-corrected chi connectivity index (χ0v) is 19.0.